The maximum atomic E-state index is 13.1. The minimum absolute atomic E-state index is 0.250. The molecule has 1 fully saturated rings. The zero-order valence-corrected chi connectivity index (χ0v) is 17.7. The first-order valence-corrected chi connectivity index (χ1v) is 10.5. The Kier molecular flexibility index (Phi) is 4.51. The number of hydrogen-bond donors (Lipinski definition) is 2. The third-order valence-corrected chi connectivity index (χ3v) is 6.48. The van der Waals surface area contributed by atoms with Gasteiger partial charge in [-0.15, -0.1) is 0 Å². The number of rotatable bonds is 3. The average molecular weight is 437 g/mol. The van der Waals surface area contributed by atoms with Crippen LogP contribution < -0.4 is 5.32 Å². The van der Waals surface area contributed by atoms with Crippen molar-refractivity contribution in [3.8, 4) is 0 Å². The zero-order valence-electron chi connectivity index (χ0n) is 16.9. The van der Waals surface area contributed by atoms with Crippen molar-refractivity contribution in [2.75, 3.05) is 13.1 Å². The topological polar surface area (TPSA) is 85.5 Å². The number of fused-ring (bicyclic) bond motifs is 3. The van der Waals surface area contributed by atoms with Gasteiger partial charge in [0.1, 0.15) is 12.1 Å². The first-order valence-electron chi connectivity index (χ1n) is 10.1. The Hall–Kier alpha value is -3.32. The number of amides is 4. The van der Waals surface area contributed by atoms with Gasteiger partial charge in [-0.05, 0) is 30.7 Å². The molecule has 7 nitrogen and oxygen atoms in total. The van der Waals surface area contributed by atoms with Crippen molar-refractivity contribution < 1.29 is 14.4 Å². The van der Waals surface area contributed by atoms with E-state index in [-0.39, 0.29) is 12.5 Å². The highest BCUT2D eigenvalue weighted by Crippen LogP contribution is 2.31. The van der Waals surface area contributed by atoms with Gasteiger partial charge >= 0.3 is 6.03 Å². The number of carbonyl (C=O) groups excluding carboxylic acids is 3. The molecule has 2 aromatic carbocycles. The van der Waals surface area contributed by atoms with Crippen molar-refractivity contribution >= 4 is 40.3 Å². The molecule has 1 aromatic heterocycles. The van der Waals surface area contributed by atoms with E-state index in [0.29, 0.717) is 30.1 Å². The number of aromatic amines is 1. The predicted octanol–water partition coefficient (Wildman–Crippen LogP) is 3.17. The summed E-state index contributed by atoms with van der Waals surface area (Å²) in [6.45, 7) is 2.35. The monoisotopic (exact) mass is 436 g/mol. The van der Waals surface area contributed by atoms with Gasteiger partial charge in [0.2, 0.25) is 5.91 Å². The van der Waals surface area contributed by atoms with Gasteiger partial charge in [-0.1, -0.05) is 41.9 Å². The molecule has 3 heterocycles. The standard InChI is InChI=1S/C23H21ClN4O3/c1-23(14-6-8-15(24)9-7-14)21(30)28(22(31)26-23)13-20(29)27-11-10-19-17(12-27)16-4-2-3-5-18(16)25-19/h2-9,25H,10-13H2,1H3,(H,26,31). The average Bonchev–Trinajstić information content (AvgIpc) is 3.24. The molecule has 8 heteroatoms. The minimum atomic E-state index is -1.23. The van der Waals surface area contributed by atoms with E-state index >= 15 is 0 Å². The van der Waals surface area contributed by atoms with Crippen molar-refractivity contribution in [1.29, 1.82) is 0 Å². The summed E-state index contributed by atoms with van der Waals surface area (Å²) >= 11 is 5.94. The summed E-state index contributed by atoms with van der Waals surface area (Å²) in [5.74, 6) is -0.697. The molecule has 2 aliphatic rings. The molecule has 2 aliphatic heterocycles. The van der Waals surface area contributed by atoms with Gasteiger partial charge in [0.05, 0.1) is 0 Å². The lowest BCUT2D eigenvalue weighted by Crippen LogP contribution is -2.45. The molecule has 0 aliphatic carbocycles. The fourth-order valence-corrected chi connectivity index (χ4v) is 4.56. The third kappa shape index (κ3) is 3.16. The Morgan fingerprint density at radius 1 is 1.13 bits per heavy atom. The number of nitrogens with zero attached hydrogens (tertiary/aromatic N) is 2. The minimum Gasteiger partial charge on any atom is -0.358 e. The van der Waals surface area contributed by atoms with Crippen LogP contribution in [0.15, 0.2) is 48.5 Å². The van der Waals surface area contributed by atoms with Crippen LogP contribution in [0.3, 0.4) is 0 Å². The Labute approximate surface area is 184 Å². The molecule has 1 atom stereocenters. The Morgan fingerprint density at radius 3 is 2.65 bits per heavy atom. The fourth-order valence-electron chi connectivity index (χ4n) is 4.43. The quantitative estimate of drug-likeness (QED) is 0.618. The molecule has 31 heavy (non-hydrogen) atoms. The number of nitrogens with one attached hydrogen (secondary N) is 2. The molecular formula is C23H21ClN4O3. The summed E-state index contributed by atoms with van der Waals surface area (Å²) in [7, 11) is 0. The van der Waals surface area contributed by atoms with Crippen LogP contribution in [0, 0.1) is 0 Å². The first kappa shape index (κ1) is 19.6. The van der Waals surface area contributed by atoms with Crippen LogP contribution in [0.25, 0.3) is 10.9 Å². The van der Waals surface area contributed by atoms with Crippen molar-refractivity contribution in [2.24, 2.45) is 0 Å². The summed E-state index contributed by atoms with van der Waals surface area (Å²) in [5.41, 5.74) is 2.67. The molecule has 1 unspecified atom stereocenters. The second-order valence-corrected chi connectivity index (χ2v) is 8.58. The molecule has 2 N–H and O–H groups in total. The van der Waals surface area contributed by atoms with Gasteiger partial charge in [-0.2, -0.15) is 0 Å². The van der Waals surface area contributed by atoms with Gasteiger partial charge in [0.15, 0.2) is 0 Å². The number of aromatic nitrogens is 1. The normalized spacial score (nSPS) is 20.8. The number of para-hydroxylation sites is 1. The van der Waals surface area contributed by atoms with Crippen LogP contribution in [-0.2, 0) is 28.1 Å². The maximum Gasteiger partial charge on any atom is 0.325 e. The smallest absolute Gasteiger partial charge is 0.325 e. The number of benzene rings is 2. The fraction of sp³-hybridized carbons (Fsp3) is 0.261. The van der Waals surface area contributed by atoms with E-state index in [0.717, 1.165) is 27.1 Å². The van der Waals surface area contributed by atoms with Gasteiger partial charge in [0.25, 0.3) is 5.91 Å². The number of H-pyrrole nitrogens is 1. The van der Waals surface area contributed by atoms with E-state index in [9.17, 15) is 14.4 Å². The summed E-state index contributed by atoms with van der Waals surface area (Å²) in [4.78, 5) is 44.9. The van der Waals surface area contributed by atoms with Crippen molar-refractivity contribution in [3.05, 3.63) is 70.4 Å². The first-order chi connectivity index (χ1) is 14.9. The molecule has 158 valence electrons. The third-order valence-electron chi connectivity index (χ3n) is 6.23. The lowest BCUT2D eigenvalue weighted by atomic mass is 9.92. The number of carbonyl (C=O) groups is 3. The summed E-state index contributed by atoms with van der Waals surface area (Å²) in [5, 5.41) is 4.37. The van der Waals surface area contributed by atoms with Crippen LogP contribution in [0.2, 0.25) is 5.02 Å². The van der Waals surface area contributed by atoms with E-state index in [4.69, 9.17) is 11.6 Å². The Balaban J connectivity index is 1.34. The highest BCUT2D eigenvalue weighted by Gasteiger charge is 2.49. The molecule has 4 amide bonds. The van der Waals surface area contributed by atoms with Crippen molar-refractivity contribution in [2.45, 2.75) is 25.4 Å². The van der Waals surface area contributed by atoms with Gasteiger partial charge < -0.3 is 15.2 Å². The number of urea groups is 1. The van der Waals surface area contributed by atoms with Gasteiger partial charge in [-0.3, -0.25) is 14.5 Å². The lowest BCUT2D eigenvalue weighted by Gasteiger charge is -2.29. The highest BCUT2D eigenvalue weighted by molar-refractivity contribution is 6.30. The maximum absolute atomic E-state index is 13.1. The van der Waals surface area contributed by atoms with Crippen LogP contribution in [-0.4, -0.2) is 45.7 Å². The predicted molar refractivity (Wildman–Crippen MR) is 116 cm³/mol. The van der Waals surface area contributed by atoms with Crippen LogP contribution in [0.4, 0.5) is 4.79 Å². The molecule has 5 rings (SSSR count). The molecule has 0 spiro atoms. The van der Waals surface area contributed by atoms with E-state index in [2.05, 4.69) is 10.3 Å². The van der Waals surface area contributed by atoms with Gasteiger partial charge in [0, 0.05) is 46.7 Å². The number of imide groups is 1. The Morgan fingerprint density at radius 2 is 1.87 bits per heavy atom. The summed E-state index contributed by atoms with van der Waals surface area (Å²) in [6, 6.07) is 14.2. The van der Waals surface area contributed by atoms with Crippen molar-refractivity contribution in [1.82, 2.24) is 20.1 Å². The lowest BCUT2D eigenvalue weighted by molar-refractivity contribution is -0.139. The molecule has 0 bridgehead atoms. The van der Waals surface area contributed by atoms with Crippen LogP contribution in [0.1, 0.15) is 23.7 Å². The van der Waals surface area contributed by atoms with Crippen LogP contribution in [0.5, 0.6) is 0 Å². The number of hydrogen-bond acceptors (Lipinski definition) is 3. The zero-order chi connectivity index (χ0) is 21.8. The van der Waals surface area contributed by atoms with E-state index < -0.39 is 17.5 Å². The largest absolute Gasteiger partial charge is 0.358 e. The van der Waals surface area contributed by atoms with Gasteiger partial charge in [-0.25, -0.2) is 4.79 Å². The van der Waals surface area contributed by atoms with Crippen molar-refractivity contribution in [3.63, 3.8) is 0 Å². The molecule has 1 saturated heterocycles. The second kappa shape index (κ2) is 7.13. The summed E-state index contributed by atoms with van der Waals surface area (Å²) < 4.78 is 0. The second-order valence-electron chi connectivity index (χ2n) is 8.15. The highest BCUT2D eigenvalue weighted by atomic mass is 35.5. The van der Waals surface area contributed by atoms with E-state index in [1.807, 2.05) is 24.3 Å². The van der Waals surface area contributed by atoms with E-state index in [1.165, 1.54) is 0 Å². The van der Waals surface area contributed by atoms with Crippen LogP contribution >= 0.6 is 11.6 Å². The molecular weight excluding hydrogens is 416 g/mol. The molecule has 3 aromatic rings. The number of halogens is 1. The van der Waals surface area contributed by atoms with E-state index in [1.54, 1.807) is 36.1 Å². The summed E-state index contributed by atoms with van der Waals surface area (Å²) in [6.07, 6.45) is 0.707. The molecule has 0 radical (unpaired) electrons. The Bertz CT molecular complexity index is 1220. The SMILES string of the molecule is CC1(c2ccc(Cl)cc2)NC(=O)N(CC(=O)N2CCc3[nH]c4ccccc4c3C2)C1=O. The molecule has 0 saturated carbocycles.